The lowest BCUT2D eigenvalue weighted by Crippen LogP contribution is -2.31. The molecule has 31 heavy (non-hydrogen) atoms. The van der Waals surface area contributed by atoms with E-state index in [-0.39, 0.29) is 34.9 Å². The van der Waals surface area contributed by atoms with E-state index in [4.69, 9.17) is 24.1 Å². The molecule has 0 spiro atoms. The normalized spacial score (nSPS) is 11.5. The largest absolute Gasteiger partial charge is 0.507 e. The first-order valence-electron chi connectivity index (χ1n) is 9.20. The molecule has 0 aliphatic carbocycles. The quantitative estimate of drug-likeness (QED) is 0.564. The number of carbonyl (C=O) groups is 2. The number of aromatic hydroxyl groups is 1. The zero-order valence-corrected chi connectivity index (χ0v) is 17.9. The SMILES string of the molecule is COC(=O)C[C@H](c1cc(OC)c(OC)c(OC)c1)c1c(O)cc(C)n(CC(=O)O)c1=O. The smallest absolute Gasteiger partial charge is 0.323 e. The third-order valence-corrected chi connectivity index (χ3v) is 4.85. The van der Waals surface area contributed by atoms with Crippen molar-refractivity contribution in [1.82, 2.24) is 4.57 Å². The molecule has 0 bridgehead atoms. The summed E-state index contributed by atoms with van der Waals surface area (Å²) in [6, 6.07) is 4.38. The number of ether oxygens (including phenoxy) is 4. The summed E-state index contributed by atoms with van der Waals surface area (Å²) in [7, 11) is 5.47. The highest BCUT2D eigenvalue weighted by atomic mass is 16.5. The maximum Gasteiger partial charge on any atom is 0.323 e. The molecule has 168 valence electrons. The molecule has 0 saturated carbocycles. The fourth-order valence-electron chi connectivity index (χ4n) is 3.37. The second-order valence-corrected chi connectivity index (χ2v) is 6.66. The van der Waals surface area contributed by atoms with Crippen LogP contribution in [0.3, 0.4) is 0 Å². The Morgan fingerprint density at radius 2 is 1.61 bits per heavy atom. The minimum absolute atomic E-state index is 0.147. The van der Waals surface area contributed by atoms with Gasteiger partial charge in [0.2, 0.25) is 5.75 Å². The van der Waals surface area contributed by atoms with E-state index in [1.165, 1.54) is 41.4 Å². The van der Waals surface area contributed by atoms with Crippen molar-refractivity contribution in [2.75, 3.05) is 28.4 Å². The van der Waals surface area contributed by atoms with Gasteiger partial charge in [-0.25, -0.2) is 0 Å². The Hall–Kier alpha value is -3.69. The number of rotatable bonds is 9. The lowest BCUT2D eigenvalue weighted by molar-refractivity contribution is -0.141. The Kier molecular flexibility index (Phi) is 7.51. The summed E-state index contributed by atoms with van der Waals surface area (Å²) in [5, 5.41) is 19.8. The van der Waals surface area contributed by atoms with Crippen LogP contribution in [-0.2, 0) is 20.9 Å². The van der Waals surface area contributed by atoms with Crippen molar-refractivity contribution < 1.29 is 38.7 Å². The molecule has 2 aromatic rings. The molecular formula is C21H25NO9. The Morgan fingerprint density at radius 1 is 1.03 bits per heavy atom. The topological polar surface area (TPSA) is 134 Å². The summed E-state index contributed by atoms with van der Waals surface area (Å²) in [5.41, 5.74) is -0.220. The zero-order chi connectivity index (χ0) is 23.3. The van der Waals surface area contributed by atoms with E-state index >= 15 is 0 Å². The number of aliphatic carboxylic acids is 1. The first-order valence-corrected chi connectivity index (χ1v) is 9.20. The van der Waals surface area contributed by atoms with Crippen molar-refractivity contribution in [1.29, 1.82) is 0 Å². The van der Waals surface area contributed by atoms with Crippen molar-refractivity contribution in [3.05, 3.63) is 45.4 Å². The number of carboxylic acid groups (broad SMARTS) is 1. The number of carboxylic acids is 1. The Labute approximate surface area is 178 Å². The molecule has 1 aromatic carbocycles. The average molecular weight is 435 g/mol. The highest BCUT2D eigenvalue weighted by Crippen LogP contribution is 2.43. The Bertz CT molecular complexity index is 1020. The van der Waals surface area contributed by atoms with Crippen LogP contribution in [0.15, 0.2) is 23.0 Å². The predicted molar refractivity (Wildman–Crippen MR) is 109 cm³/mol. The van der Waals surface area contributed by atoms with Crippen LogP contribution in [0.25, 0.3) is 0 Å². The molecule has 1 aromatic heterocycles. The summed E-state index contributed by atoms with van der Waals surface area (Å²) < 4.78 is 21.8. The number of hydrogen-bond acceptors (Lipinski definition) is 8. The van der Waals surface area contributed by atoms with Crippen LogP contribution in [0.1, 0.15) is 29.2 Å². The van der Waals surface area contributed by atoms with E-state index in [0.29, 0.717) is 11.3 Å². The maximum atomic E-state index is 13.2. The monoisotopic (exact) mass is 435 g/mol. The number of nitrogens with zero attached hydrogens (tertiary/aromatic N) is 1. The third kappa shape index (κ3) is 4.90. The molecule has 1 atom stereocenters. The minimum Gasteiger partial charge on any atom is -0.507 e. The van der Waals surface area contributed by atoms with Gasteiger partial charge in [-0.1, -0.05) is 0 Å². The number of benzene rings is 1. The number of methoxy groups -OCH3 is 4. The summed E-state index contributed by atoms with van der Waals surface area (Å²) in [5.74, 6) is -2.33. The fraction of sp³-hybridized carbons (Fsp3) is 0.381. The van der Waals surface area contributed by atoms with Gasteiger partial charge in [0, 0.05) is 11.6 Å². The lowest BCUT2D eigenvalue weighted by atomic mass is 9.87. The van der Waals surface area contributed by atoms with E-state index in [2.05, 4.69) is 0 Å². The van der Waals surface area contributed by atoms with Crippen LogP contribution >= 0.6 is 0 Å². The number of aromatic nitrogens is 1. The number of aryl methyl sites for hydroxylation is 1. The standard InChI is InChI=1S/C21H25NO9/c1-11-6-14(23)19(21(27)22(11)10-17(24)25)13(9-18(26)30-4)12-7-15(28-2)20(31-5)16(8-12)29-3/h6-8,13,23H,9-10H2,1-5H3,(H,24,25)/t13-/m1/s1. The van der Waals surface area contributed by atoms with Crippen LogP contribution in [0, 0.1) is 6.92 Å². The third-order valence-electron chi connectivity index (χ3n) is 4.85. The van der Waals surface area contributed by atoms with Gasteiger partial charge in [0.15, 0.2) is 11.5 Å². The highest BCUT2D eigenvalue weighted by Gasteiger charge is 2.29. The molecule has 0 amide bonds. The molecule has 10 nitrogen and oxygen atoms in total. The van der Waals surface area contributed by atoms with E-state index in [1.807, 2.05) is 0 Å². The summed E-state index contributed by atoms with van der Waals surface area (Å²) in [4.78, 5) is 36.5. The zero-order valence-electron chi connectivity index (χ0n) is 17.9. The first kappa shape index (κ1) is 23.6. The van der Waals surface area contributed by atoms with Gasteiger partial charge in [0.25, 0.3) is 5.56 Å². The average Bonchev–Trinajstić information content (AvgIpc) is 2.74. The van der Waals surface area contributed by atoms with Crippen molar-refractivity contribution >= 4 is 11.9 Å². The minimum atomic E-state index is -1.22. The molecule has 0 saturated heterocycles. The van der Waals surface area contributed by atoms with Gasteiger partial charge in [-0.05, 0) is 30.7 Å². The Balaban J connectivity index is 2.82. The van der Waals surface area contributed by atoms with Crippen LogP contribution in [0.2, 0.25) is 0 Å². The summed E-state index contributed by atoms with van der Waals surface area (Å²) in [6.07, 6.45) is -0.298. The molecule has 10 heteroatoms. The van der Waals surface area contributed by atoms with Gasteiger partial charge in [-0.3, -0.25) is 14.4 Å². The molecular weight excluding hydrogens is 410 g/mol. The molecule has 2 N–H and O–H groups in total. The van der Waals surface area contributed by atoms with Crippen LogP contribution < -0.4 is 19.8 Å². The molecule has 0 aliphatic rings. The van der Waals surface area contributed by atoms with Crippen molar-refractivity contribution in [3.8, 4) is 23.0 Å². The molecule has 0 aliphatic heterocycles. The second-order valence-electron chi connectivity index (χ2n) is 6.66. The predicted octanol–water partition coefficient (Wildman–Crippen LogP) is 1.67. The highest BCUT2D eigenvalue weighted by molar-refractivity contribution is 5.72. The fourth-order valence-corrected chi connectivity index (χ4v) is 3.37. The first-order chi connectivity index (χ1) is 14.7. The number of pyridine rings is 1. The summed E-state index contributed by atoms with van der Waals surface area (Å²) in [6.45, 7) is 0.904. The second kappa shape index (κ2) is 9.88. The van der Waals surface area contributed by atoms with Crippen molar-refractivity contribution in [2.45, 2.75) is 25.8 Å². The van der Waals surface area contributed by atoms with Gasteiger partial charge < -0.3 is 33.7 Å². The van der Waals surface area contributed by atoms with Crippen molar-refractivity contribution in [3.63, 3.8) is 0 Å². The lowest BCUT2D eigenvalue weighted by Gasteiger charge is -2.22. The number of hydrogen-bond donors (Lipinski definition) is 2. The van der Waals surface area contributed by atoms with Gasteiger partial charge in [-0.15, -0.1) is 0 Å². The molecule has 0 unspecified atom stereocenters. The van der Waals surface area contributed by atoms with E-state index < -0.39 is 30.0 Å². The molecule has 1 heterocycles. The summed E-state index contributed by atoms with van der Waals surface area (Å²) >= 11 is 0. The van der Waals surface area contributed by atoms with Crippen LogP contribution in [-0.4, -0.2) is 55.2 Å². The Morgan fingerprint density at radius 3 is 2.06 bits per heavy atom. The molecule has 0 fully saturated rings. The van der Waals surface area contributed by atoms with Gasteiger partial charge in [0.1, 0.15) is 12.3 Å². The maximum absolute atomic E-state index is 13.2. The van der Waals surface area contributed by atoms with Gasteiger partial charge >= 0.3 is 11.9 Å². The molecule has 2 rings (SSSR count). The van der Waals surface area contributed by atoms with Crippen LogP contribution in [0.4, 0.5) is 0 Å². The van der Waals surface area contributed by atoms with E-state index in [0.717, 1.165) is 4.57 Å². The van der Waals surface area contributed by atoms with E-state index in [1.54, 1.807) is 12.1 Å². The van der Waals surface area contributed by atoms with E-state index in [9.17, 15) is 19.5 Å². The van der Waals surface area contributed by atoms with Gasteiger partial charge in [-0.2, -0.15) is 0 Å². The number of esters is 1. The van der Waals surface area contributed by atoms with Crippen LogP contribution in [0.5, 0.6) is 23.0 Å². The van der Waals surface area contributed by atoms with Crippen molar-refractivity contribution in [2.24, 2.45) is 0 Å². The number of carbonyl (C=O) groups excluding carboxylic acids is 1. The van der Waals surface area contributed by atoms with Gasteiger partial charge in [0.05, 0.1) is 40.4 Å². The molecule has 0 radical (unpaired) electrons.